The summed E-state index contributed by atoms with van der Waals surface area (Å²) in [6, 6.07) is 26.8. The molecule has 0 bridgehead atoms. The smallest absolute Gasteiger partial charge is 0.236 e. The van der Waals surface area contributed by atoms with Crippen LogP contribution < -0.4 is 4.72 Å². The first-order chi connectivity index (χ1) is 12.1. The lowest BCUT2D eigenvalue weighted by Crippen LogP contribution is -2.15. The van der Waals surface area contributed by atoms with Crippen molar-refractivity contribution in [2.24, 2.45) is 0 Å². The van der Waals surface area contributed by atoms with E-state index in [0.717, 1.165) is 16.2 Å². The Morgan fingerprint density at radius 1 is 0.720 bits per heavy atom. The van der Waals surface area contributed by atoms with Crippen molar-refractivity contribution >= 4 is 27.5 Å². The largest absolute Gasteiger partial charge is 0.282 e. The maximum Gasteiger partial charge on any atom is 0.236 e. The second kappa shape index (κ2) is 8.23. The minimum atomic E-state index is -3.46. The summed E-state index contributed by atoms with van der Waals surface area (Å²) in [5.41, 5.74) is 2.60. The van der Waals surface area contributed by atoms with Crippen LogP contribution in [0.4, 0.5) is 5.69 Å². The number of rotatable bonds is 7. The van der Waals surface area contributed by atoms with Crippen molar-refractivity contribution in [3.63, 3.8) is 0 Å². The van der Waals surface area contributed by atoms with Crippen LogP contribution >= 0.6 is 11.8 Å². The van der Waals surface area contributed by atoms with Gasteiger partial charge in [-0.15, -0.1) is 11.8 Å². The molecule has 0 saturated heterocycles. The average molecular weight is 370 g/mol. The van der Waals surface area contributed by atoms with Crippen LogP contribution in [-0.4, -0.2) is 8.42 Å². The Morgan fingerprint density at radius 2 is 1.28 bits per heavy atom. The predicted molar refractivity (Wildman–Crippen MR) is 105 cm³/mol. The molecular formula is C20H19NO2S2. The highest BCUT2D eigenvalue weighted by molar-refractivity contribution is 7.98. The molecule has 0 fully saturated rings. The van der Waals surface area contributed by atoms with Crippen molar-refractivity contribution in [2.45, 2.75) is 16.4 Å². The number of nitrogens with one attached hydrogen (secondary N) is 1. The quantitative estimate of drug-likeness (QED) is 0.601. The molecule has 3 aromatic carbocycles. The van der Waals surface area contributed by atoms with Crippen LogP contribution in [0.2, 0.25) is 0 Å². The second-order valence-corrected chi connectivity index (χ2v) is 8.36. The molecule has 25 heavy (non-hydrogen) atoms. The minimum absolute atomic E-state index is 0.0362. The van der Waals surface area contributed by atoms with E-state index in [1.165, 1.54) is 5.56 Å². The molecule has 0 aromatic heterocycles. The molecule has 3 aromatic rings. The van der Waals surface area contributed by atoms with Gasteiger partial charge in [0.05, 0.1) is 11.4 Å². The number of benzene rings is 3. The highest BCUT2D eigenvalue weighted by Crippen LogP contribution is 2.30. The van der Waals surface area contributed by atoms with Gasteiger partial charge in [0.15, 0.2) is 0 Å². The van der Waals surface area contributed by atoms with Crippen molar-refractivity contribution in [1.82, 2.24) is 0 Å². The van der Waals surface area contributed by atoms with Crippen LogP contribution in [0.5, 0.6) is 0 Å². The predicted octanol–water partition coefficient (Wildman–Crippen LogP) is 4.92. The summed E-state index contributed by atoms with van der Waals surface area (Å²) in [6.07, 6.45) is 0. The number of anilines is 1. The van der Waals surface area contributed by atoms with Gasteiger partial charge < -0.3 is 0 Å². The highest BCUT2D eigenvalue weighted by atomic mass is 32.2. The zero-order chi connectivity index (χ0) is 17.5. The minimum Gasteiger partial charge on any atom is -0.282 e. The molecule has 0 aliphatic rings. The third kappa shape index (κ3) is 5.37. The molecule has 3 nitrogen and oxygen atoms in total. The molecule has 0 spiro atoms. The highest BCUT2D eigenvalue weighted by Gasteiger charge is 2.14. The van der Waals surface area contributed by atoms with E-state index in [-0.39, 0.29) is 5.75 Å². The monoisotopic (exact) mass is 369 g/mol. The molecular weight excluding hydrogens is 350 g/mol. The summed E-state index contributed by atoms with van der Waals surface area (Å²) < 4.78 is 27.7. The van der Waals surface area contributed by atoms with Crippen LogP contribution in [0, 0.1) is 0 Å². The zero-order valence-electron chi connectivity index (χ0n) is 13.6. The van der Waals surface area contributed by atoms with E-state index in [0.29, 0.717) is 5.69 Å². The number of hydrogen-bond donors (Lipinski definition) is 1. The fourth-order valence-electron chi connectivity index (χ4n) is 2.41. The molecule has 0 aliphatic heterocycles. The Bertz CT molecular complexity index is 911. The summed E-state index contributed by atoms with van der Waals surface area (Å²) in [4.78, 5) is 0.919. The SMILES string of the molecule is O=S(=O)(Cc1ccccc1)Nc1ccccc1SCc1ccccc1. The van der Waals surface area contributed by atoms with Gasteiger partial charge in [-0.25, -0.2) is 8.42 Å². The summed E-state index contributed by atoms with van der Waals surface area (Å²) in [6.45, 7) is 0. The molecule has 0 heterocycles. The number of sulfonamides is 1. The van der Waals surface area contributed by atoms with Crippen molar-refractivity contribution in [3.8, 4) is 0 Å². The summed E-state index contributed by atoms with van der Waals surface area (Å²) in [5, 5.41) is 0. The van der Waals surface area contributed by atoms with Gasteiger partial charge in [0, 0.05) is 10.6 Å². The van der Waals surface area contributed by atoms with Gasteiger partial charge in [0.2, 0.25) is 10.0 Å². The van der Waals surface area contributed by atoms with Crippen molar-refractivity contribution in [3.05, 3.63) is 96.1 Å². The molecule has 0 saturated carbocycles. The van der Waals surface area contributed by atoms with Crippen molar-refractivity contribution in [2.75, 3.05) is 4.72 Å². The van der Waals surface area contributed by atoms with Gasteiger partial charge in [-0.05, 0) is 23.3 Å². The molecule has 3 rings (SSSR count). The number of thioether (sulfide) groups is 1. The molecule has 128 valence electrons. The second-order valence-electron chi connectivity index (χ2n) is 5.62. The van der Waals surface area contributed by atoms with Gasteiger partial charge in [0.25, 0.3) is 0 Å². The first-order valence-corrected chi connectivity index (χ1v) is 10.6. The Labute approximate surface area is 153 Å². The van der Waals surface area contributed by atoms with Gasteiger partial charge in [-0.3, -0.25) is 4.72 Å². The van der Waals surface area contributed by atoms with E-state index in [1.807, 2.05) is 66.7 Å². The molecule has 0 radical (unpaired) electrons. The topological polar surface area (TPSA) is 46.2 Å². The van der Waals surface area contributed by atoms with E-state index in [4.69, 9.17) is 0 Å². The average Bonchev–Trinajstić information content (AvgIpc) is 2.62. The van der Waals surface area contributed by atoms with Crippen LogP contribution in [0.15, 0.2) is 89.8 Å². The standard InChI is InChI=1S/C20H19NO2S2/c22-25(23,16-18-11-5-2-6-12-18)21-19-13-7-8-14-20(19)24-15-17-9-3-1-4-10-17/h1-14,21H,15-16H2. The Balaban J connectivity index is 1.72. The van der Waals surface area contributed by atoms with E-state index < -0.39 is 10.0 Å². The van der Waals surface area contributed by atoms with Gasteiger partial charge in [-0.1, -0.05) is 72.8 Å². The molecule has 0 atom stereocenters. The molecule has 0 aliphatic carbocycles. The lowest BCUT2D eigenvalue weighted by atomic mass is 10.2. The van der Waals surface area contributed by atoms with Crippen LogP contribution in [0.25, 0.3) is 0 Å². The summed E-state index contributed by atoms with van der Waals surface area (Å²) in [7, 11) is -3.46. The van der Waals surface area contributed by atoms with E-state index in [2.05, 4.69) is 16.9 Å². The van der Waals surface area contributed by atoms with Crippen LogP contribution in [0.3, 0.4) is 0 Å². The number of para-hydroxylation sites is 1. The molecule has 5 heteroatoms. The van der Waals surface area contributed by atoms with Crippen LogP contribution in [-0.2, 0) is 21.5 Å². The fraction of sp³-hybridized carbons (Fsp3) is 0.100. The zero-order valence-corrected chi connectivity index (χ0v) is 15.3. The Hall–Kier alpha value is -2.24. The van der Waals surface area contributed by atoms with Gasteiger partial charge >= 0.3 is 0 Å². The number of hydrogen-bond acceptors (Lipinski definition) is 3. The Kier molecular flexibility index (Phi) is 5.79. The van der Waals surface area contributed by atoms with E-state index in [1.54, 1.807) is 17.8 Å². The molecule has 0 amide bonds. The normalized spacial score (nSPS) is 11.2. The van der Waals surface area contributed by atoms with Crippen LogP contribution in [0.1, 0.15) is 11.1 Å². The van der Waals surface area contributed by atoms with Gasteiger partial charge in [0.1, 0.15) is 0 Å². The lowest BCUT2D eigenvalue weighted by Gasteiger charge is -2.12. The Morgan fingerprint density at radius 3 is 1.96 bits per heavy atom. The maximum atomic E-state index is 12.5. The third-order valence-electron chi connectivity index (χ3n) is 3.59. The maximum absolute atomic E-state index is 12.5. The first kappa shape index (κ1) is 17.6. The van der Waals surface area contributed by atoms with E-state index in [9.17, 15) is 8.42 Å². The third-order valence-corrected chi connectivity index (χ3v) is 5.98. The summed E-state index contributed by atoms with van der Waals surface area (Å²) in [5.74, 6) is 0.754. The lowest BCUT2D eigenvalue weighted by molar-refractivity contribution is 0.600. The molecule has 1 N–H and O–H groups in total. The van der Waals surface area contributed by atoms with Crippen molar-refractivity contribution < 1.29 is 8.42 Å². The summed E-state index contributed by atoms with van der Waals surface area (Å²) >= 11 is 1.62. The van der Waals surface area contributed by atoms with E-state index >= 15 is 0 Å². The van der Waals surface area contributed by atoms with Crippen molar-refractivity contribution in [1.29, 1.82) is 0 Å². The fourth-order valence-corrected chi connectivity index (χ4v) is 4.65. The first-order valence-electron chi connectivity index (χ1n) is 7.92. The van der Waals surface area contributed by atoms with Gasteiger partial charge in [-0.2, -0.15) is 0 Å². The molecule has 0 unspecified atom stereocenters.